The average molecular weight is 394 g/mol. The molecule has 1 heterocycles. The summed E-state index contributed by atoms with van der Waals surface area (Å²) in [6.45, 7) is 0.696. The monoisotopic (exact) mass is 394 g/mol. The Morgan fingerprint density at radius 3 is 2.29 bits per heavy atom. The average Bonchev–Trinajstić information content (AvgIpc) is 2.69. The van der Waals surface area contributed by atoms with Gasteiger partial charge in [-0.3, -0.25) is 9.59 Å². The highest BCUT2D eigenvalue weighted by molar-refractivity contribution is 5.98. The van der Waals surface area contributed by atoms with Crippen molar-refractivity contribution in [2.75, 3.05) is 13.2 Å². The van der Waals surface area contributed by atoms with Crippen molar-refractivity contribution in [1.29, 1.82) is 0 Å². The van der Waals surface area contributed by atoms with Crippen molar-refractivity contribution >= 4 is 11.8 Å². The third-order valence-corrected chi connectivity index (χ3v) is 4.10. The van der Waals surface area contributed by atoms with Gasteiger partial charge in [0.25, 0.3) is 0 Å². The molecule has 0 bridgehead atoms. The van der Waals surface area contributed by atoms with Gasteiger partial charge < -0.3 is 14.2 Å². The first-order valence-corrected chi connectivity index (χ1v) is 8.57. The van der Waals surface area contributed by atoms with Gasteiger partial charge in [-0.05, 0) is 35.9 Å². The van der Waals surface area contributed by atoms with Crippen LogP contribution in [0.4, 0.5) is 13.2 Å². The van der Waals surface area contributed by atoms with Crippen LogP contribution >= 0.6 is 0 Å². The zero-order valence-corrected chi connectivity index (χ0v) is 14.8. The van der Waals surface area contributed by atoms with E-state index in [0.717, 1.165) is 12.1 Å². The zero-order chi connectivity index (χ0) is 20.1. The Morgan fingerprint density at radius 2 is 1.61 bits per heavy atom. The SMILES string of the molecule is O=C(CCC(=O)c1ccc2c(c1)OCCO2)OCc1ccc(C(F)(F)F)cc1. The fourth-order valence-corrected chi connectivity index (χ4v) is 2.60. The number of ketones is 1. The molecular formula is C20H17F3O5. The first-order valence-electron chi connectivity index (χ1n) is 8.57. The van der Waals surface area contributed by atoms with Crippen LogP contribution in [0.3, 0.4) is 0 Å². The second kappa shape index (κ2) is 8.33. The van der Waals surface area contributed by atoms with Gasteiger partial charge in [0.1, 0.15) is 19.8 Å². The molecule has 28 heavy (non-hydrogen) atoms. The number of benzene rings is 2. The summed E-state index contributed by atoms with van der Waals surface area (Å²) in [5.41, 5.74) is 0.0619. The van der Waals surface area contributed by atoms with Crippen LogP contribution in [0.2, 0.25) is 0 Å². The van der Waals surface area contributed by atoms with Gasteiger partial charge in [-0.15, -0.1) is 0 Å². The molecule has 0 aliphatic carbocycles. The van der Waals surface area contributed by atoms with Crippen molar-refractivity contribution in [1.82, 2.24) is 0 Å². The van der Waals surface area contributed by atoms with Gasteiger partial charge in [0.2, 0.25) is 0 Å². The molecule has 0 aromatic heterocycles. The number of hydrogen-bond donors (Lipinski definition) is 0. The van der Waals surface area contributed by atoms with Crippen LogP contribution in [-0.4, -0.2) is 25.0 Å². The van der Waals surface area contributed by atoms with Gasteiger partial charge in [-0.25, -0.2) is 0 Å². The molecule has 0 radical (unpaired) electrons. The molecule has 0 atom stereocenters. The van der Waals surface area contributed by atoms with E-state index >= 15 is 0 Å². The lowest BCUT2D eigenvalue weighted by Gasteiger charge is -2.18. The van der Waals surface area contributed by atoms with E-state index in [1.165, 1.54) is 12.1 Å². The Hall–Kier alpha value is -3.03. The van der Waals surface area contributed by atoms with E-state index in [1.54, 1.807) is 18.2 Å². The van der Waals surface area contributed by atoms with E-state index in [-0.39, 0.29) is 25.2 Å². The number of halogens is 3. The Balaban J connectivity index is 1.47. The van der Waals surface area contributed by atoms with E-state index in [0.29, 0.717) is 35.8 Å². The summed E-state index contributed by atoms with van der Waals surface area (Å²) in [6.07, 6.45) is -4.59. The molecule has 0 fully saturated rings. The van der Waals surface area contributed by atoms with Crippen LogP contribution in [0.1, 0.15) is 34.3 Å². The largest absolute Gasteiger partial charge is 0.486 e. The lowest BCUT2D eigenvalue weighted by atomic mass is 10.1. The van der Waals surface area contributed by atoms with Crippen molar-refractivity contribution in [3.05, 3.63) is 59.2 Å². The number of carbonyl (C=O) groups excluding carboxylic acids is 2. The molecule has 0 N–H and O–H groups in total. The molecule has 0 amide bonds. The Morgan fingerprint density at radius 1 is 0.929 bits per heavy atom. The van der Waals surface area contributed by atoms with Gasteiger partial charge in [-0.1, -0.05) is 12.1 Å². The maximum atomic E-state index is 12.5. The molecule has 2 aromatic carbocycles. The Bertz CT molecular complexity index is 859. The highest BCUT2D eigenvalue weighted by Gasteiger charge is 2.29. The number of carbonyl (C=O) groups is 2. The summed E-state index contributed by atoms with van der Waals surface area (Å²) in [5.74, 6) is 0.204. The van der Waals surface area contributed by atoms with Gasteiger partial charge in [-0.2, -0.15) is 13.2 Å². The van der Waals surface area contributed by atoms with Crippen LogP contribution < -0.4 is 9.47 Å². The van der Waals surface area contributed by atoms with Crippen LogP contribution in [-0.2, 0) is 22.3 Å². The molecule has 0 unspecified atom stereocenters. The second-order valence-corrected chi connectivity index (χ2v) is 6.14. The van der Waals surface area contributed by atoms with Gasteiger partial charge in [0, 0.05) is 12.0 Å². The topological polar surface area (TPSA) is 61.8 Å². The number of ether oxygens (including phenoxy) is 3. The molecule has 0 saturated heterocycles. The summed E-state index contributed by atoms with van der Waals surface area (Å²) in [4.78, 5) is 24.0. The maximum Gasteiger partial charge on any atom is 0.416 e. The fraction of sp³-hybridized carbons (Fsp3) is 0.300. The minimum absolute atomic E-state index is 0.0501. The highest BCUT2D eigenvalue weighted by atomic mass is 19.4. The molecule has 3 rings (SSSR count). The smallest absolute Gasteiger partial charge is 0.416 e. The number of esters is 1. The predicted octanol–water partition coefficient (Wildman–Crippen LogP) is 4.18. The highest BCUT2D eigenvalue weighted by Crippen LogP contribution is 2.31. The van der Waals surface area contributed by atoms with Gasteiger partial charge >= 0.3 is 12.1 Å². The minimum atomic E-state index is -4.41. The number of alkyl halides is 3. The number of rotatable bonds is 6. The van der Waals surface area contributed by atoms with E-state index in [4.69, 9.17) is 14.2 Å². The number of hydrogen-bond acceptors (Lipinski definition) is 5. The van der Waals surface area contributed by atoms with Crippen LogP contribution in [0.25, 0.3) is 0 Å². The summed E-state index contributed by atoms with van der Waals surface area (Å²) in [6, 6.07) is 9.16. The lowest BCUT2D eigenvalue weighted by Crippen LogP contribution is -2.16. The summed E-state index contributed by atoms with van der Waals surface area (Å²) in [7, 11) is 0. The van der Waals surface area contributed by atoms with Gasteiger partial charge in [0.15, 0.2) is 17.3 Å². The summed E-state index contributed by atoms with van der Waals surface area (Å²) < 4.78 is 53.3. The standard InChI is InChI=1S/C20H17F3O5/c21-20(22,23)15-4-1-13(2-5-15)12-28-19(25)8-6-16(24)14-3-7-17-18(11-14)27-10-9-26-17/h1-5,7,11H,6,8-10,12H2. The third kappa shape index (κ3) is 5.03. The second-order valence-electron chi connectivity index (χ2n) is 6.14. The summed E-state index contributed by atoms with van der Waals surface area (Å²) >= 11 is 0. The van der Waals surface area contributed by atoms with Crippen molar-refractivity contribution in [2.45, 2.75) is 25.6 Å². The van der Waals surface area contributed by atoms with Crippen molar-refractivity contribution in [2.24, 2.45) is 0 Å². The predicted molar refractivity (Wildman–Crippen MR) is 92.2 cm³/mol. The molecule has 2 aromatic rings. The fourth-order valence-electron chi connectivity index (χ4n) is 2.60. The maximum absolute atomic E-state index is 12.5. The minimum Gasteiger partial charge on any atom is -0.486 e. The normalized spacial score (nSPS) is 13.1. The summed E-state index contributed by atoms with van der Waals surface area (Å²) in [5, 5.41) is 0. The molecule has 148 valence electrons. The molecule has 0 spiro atoms. The van der Waals surface area contributed by atoms with Crippen LogP contribution in [0.15, 0.2) is 42.5 Å². The van der Waals surface area contributed by atoms with Crippen molar-refractivity contribution in [3.63, 3.8) is 0 Å². The van der Waals surface area contributed by atoms with E-state index < -0.39 is 17.7 Å². The Labute approximate surface area is 159 Å². The van der Waals surface area contributed by atoms with E-state index in [2.05, 4.69) is 0 Å². The zero-order valence-electron chi connectivity index (χ0n) is 14.8. The lowest BCUT2D eigenvalue weighted by molar-refractivity contribution is -0.145. The van der Waals surface area contributed by atoms with E-state index in [1.807, 2.05) is 0 Å². The molecule has 5 nitrogen and oxygen atoms in total. The van der Waals surface area contributed by atoms with E-state index in [9.17, 15) is 22.8 Å². The van der Waals surface area contributed by atoms with Crippen molar-refractivity contribution < 1.29 is 37.0 Å². The van der Waals surface area contributed by atoms with Crippen molar-refractivity contribution in [3.8, 4) is 11.5 Å². The molecule has 1 aliphatic rings. The van der Waals surface area contributed by atoms with Crippen LogP contribution in [0.5, 0.6) is 11.5 Å². The first kappa shape index (κ1) is 19.7. The van der Waals surface area contributed by atoms with Crippen LogP contribution in [0, 0.1) is 0 Å². The molecule has 0 saturated carbocycles. The molecule has 1 aliphatic heterocycles. The first-order chi connectivity index (χ1) is 13.3. The molecular weight excluding hydrogens is 377 g/mol. The Kier molecular flexibility index (Phi) is 5.87. The third-order valence-electron chi connectivity index (χ3n) is 4.10. The molecule has 8 heteroatoms. The number of fused-ring (bicyclic) bond motifs is 1. The van der Waals surface area contributed by atoms with Gasteiger partial charge in [0.05, 0.1) is 12.0 Å². The quantitative estimate of drug-likeness (QED) is 0.543. The number of Topliss-reactive ketones (excluding diaryl/α,β-unsaturated/α-hetero) is 1.